The quantitative estimate of drug-likeness (QED) is 0.855. The van der Waals surface area contributed by atoms with Crippen molar-refractivity contribution in [3.8, 4) is 0 Å². The first-order chi connectivity index (χ1) is 8.41. The van der Waals surface area contributed by atoms with Gasteiger partial charge in [0.2, 0.25) is 0 Å². The van der Waals surface area contributed by atoms with Gasteiger partial charge in [-0.05, 0) is 11.6 Å². The maximum atomic E-state index is 12.9. The number of carbonyl (C=O) groups is 1. The molecule has 1 aliphatic rings. The summed E-state index contributed by atoms with van der Waals surface area (Å²) in [6, 6.07) is 5.16. The lowest BCUT2D eigenvalue weighted by Gasteiger charge is -2.20. The Bertz CT molecular complexity index is 459. The summed E-state index contributed by atoms with van der Waals surface area (Å²) in [5.74, 6) is -2.52. The highest BCUT2D eigenvalue weighted by molar-refractivity contribution is 5.72. The molecule has 0 radical (unpaired) electrons. The van der Waals surface area contributed by atoms with Gasteiger partial charge >= 0.3 is 12.1 Å². The van der Waals surface area contributed by atoms with Crippen molar-refractivity contribution < 1.29 is 23.1 Å². The topological polar surface area (TPSA) is 49.3 Å². The zero-order valence-electron chi connectivity index (χ0n) is 9.37. The van der Waals surface area contributed by atoms with E-state index < -0.39 is 29.5 Å². The molecule has 0 aliphatic carbocycles. The Kier molecular flexibility index (Phi) is 3.30. The van der Waals surface area contributed by atoms with Crippen LogP contribution in [0.1, 0.15) is 17.0 Å². The van der Waals surface area contributed by atoms with Crippen molar-refractivity contribution in [1.29, 1.82) is 0 Å². The molecule has 0 aromatic heterocycles. The average Bonchev–Trinajstić information content (AvgIpc) is 2.76. The maximum absolute atomic E-state index is 12.9. The predicted octanol–water partition coefficient (Wildman–Crippen LogP) is 2.09. The first kappa shape index (κ1) is 12.9. The summed E-state index contributed by atoms with van der Waals surface area (Å²) in [5, 5.41) is 11.9. The lowest BCUT2D eigenvalue weighted by Crippen LogP contribution is -2.23. The van der Waals surface area contributed by atoms with E-state index in [9.17, 15) is 18.0 Å². The maximum Gasteiger partial charge on any atom is 0.416 e. The monoisotopic (exact) mass is 259 g/mol. The number of alkyl halides is 3. The SMILES string of the molecule is O=C(O)[C@H]1CNC[C@@H]1c1ccccc1C(F)(F)F. The van der Waals surface area contributed by atoms with Crippen molar-refractivity contribution >= 4 is 5.97 Å². The van der Waals surface area contributed by atoms with Crippen LogP contribution in [-0.4, -0.2) is 24.2 Å². The summed E-state index contributed by atoms with van der Waals surface area (Å²) in [4.78, 5) is 11.0. The van der Waals surface area contributed by atoms with E-state index in [1.54, 1.807) is 0 Å². The molecular formula is C12H12F3NO2. The molecule has 1 fully saturated rings. The third kappa shape index (κ3) is 2.33. The van der Waals surface area contributed by atoms with Gasteiger partial charge in [-0.15, -0.1) is 0 Å². The van der Waals surface area contributed by atoms with Crippen LogP contribution < -0.4 is 5.32 Å². The Balaban J connectivity index is 2.42. The average molecular weight is 259 g/mol. The van der Waals surface area contributed by atoms with Crippen LogP contribution >= 0.6 is 0 Å². The fourth-order valence-electron chi connectivity index (χ4n) is 2.34. The van der Waals surface area contributed by atoms with Gasteiger partial charge in [-0.1, -0.05) is 18.2 Å². The van der Waals surface area contributed by atoms with Crippen LogP contribution in [0, 0.1) is 5.92 Å². The number of hydrogen-bond acceptors (Lipinski definition) is 2. The third-order valence-electron chi connectivity index (χ3n) is 3.20. The van der Waals surface area contributed by atoms with Crippen molar-refractivity contribution in [3.63, 3.8) is 0 Å². The second-order valence-corrected chi connectivity index (χ2v) is 4.29. The molecule has 2 N–H and O–H groups in total. The molecule has 2 rings (SSSR count). The van der Waals surface area contributed by atoms with Gasteiger partial charge in [0.25, 0.3) is 0 Å². The molecule has 18 heavy (non-hydrogen) atoms. The summed E-state index contributed by atoms with van der Waals surface area (Å²) < 4.78 is 38.6. The Hall–Kier alpha value is -1.56. The highest BCUT2D eigenvalue weighted by Gasteiger charge is 2.40. The number of benzene rings is 1. The normalized spacial score (nSPS) is 24.2. The van der Waals surface area contributed by atoms with Gasteiger partial charge in [0.1, 0.15) is 0 Å². The Morgan fingerprint density at radius 2 is 1.94 bits per heavy atom. The number of nitrogens with one attached hydrogen (secondary N) is 1. The number of hydrogen-bond donors (Lipinski definition) is 2. The van der Waals surface area contributed by atoms with Crippen LogP contribution in [-0.2, 0) is 11.0 Å². The third-order valence-corrected chi connectivity index (χ3v) is 3.20. The molecule has 1 aliphatic heterocycles. The Morgan fingerprint density at radius 3 is 2.56 bits per heavy atom. The Labute approximate surface area is 102 Å². The largest absolute Gasteiger partial charge is 0.481 e. The molecular weight excluding hydrogens is 247 g/mol. The van der Waals surface area contributed by atoms with Gasteiger partial charge in [0.15, 0.2) is 0 Å². The molecule has 0 saturated carbocycles. The minimum atomic E-state index is -4.46. The van der Waals surface area contributed by atoms with Crippen molar-refractivity contribution in [3.05, 3.63) is 35.4 Å². The van der Waals surface area contributed by atoms with E-state index >= 15 is 0 Å². The summed E-state index contributed by atoms with van der Waals surface area (Å²) >= 11 is 0. The van der Waals surface area contributed by atoms with Crippen LogP contribution in [0.4, 0.5) is 13.2 Å². The smallest absolute Gasteiger partial charge is 0.416 e. The molecule has 1 aromatic carbocycles. The summed E-state index contributed by atoms with van der Waals surface area (Å²) in [6.07, 6.45) is -4.46. The van der Waals surface area contributed by atoms with Gasteiger partial charge < -0.3 is 10.4 Å². The lowest BCUT2D eigenvalue weighted by atomic mass is 9.86. The summed E-state index contributed by atoms with van der Waals surface area (Å²) in [5.41, 5.74) is -0.688. The van der Waals surface area contributed by atoms with Crippen molar-refractivity contribution in [2.45, 2.75) is 12.1 Å². The van der Waals surface area contributed by atoms with E-state index in [1.165, 1.54) is 18.2 Å². The fourth-order valence-corrected chi connectivity index (χ4v) is 2.34. The number of rotatable bonds is 2. The molecule has 1 aromatic rings. The second kappa shape index (κ2) is 4.61. The molecule has 3 nitrogen and oxygen atoms in total. The van der Waals surface area contributed by atoms with Crippen molar-refractivity contribution in [1.82, 2.24) is 5.32 Å². The number of aliphatic carboxylic acids is 1. The van der Waals surface area contributed by atoms with E-state index in [2.05, 4.69) is 5.32 Å². The molecule has 2 atom stereocenters. The Morgan fingerprint density at radius 1 is 1.28 bits per heavy atom. The summed E-state index contributed by atoms with van der Waals surface area (Å²) in [6.45, 7) is 0.455. The van der Waals surface area contributed by atoms with E-state index in [0.717, 1.165) is 6.07 Å². The molecule has 0 spiro atoms. The van der Waals surface area contributed by atoms with E-state index in [-0.39, 0.29) is 18.7 Å². The van der Waals surface area contributed by atoms with Gasteiger partial charge in [0, 0.05) is 19.0 Å². The number of carboxylic acids is 1. The van der Waals surface area contributed by atoms with E-state index in [1.807, 2.05) is 0 Å². The van der Waals surface area contributed by atoms with Crippen LogP contribution in [0.25, 0.3) is 0 Å². The van der Waals surface area contributed by atoms with Crippen LogP contribution in [0.5, 0.6) is 0 Å². The van der Waals surface area contributed by atoms with Gasteiger partial charge in [-0.2, -0.15) is 13.2 Å². The zero-order valence-corrected chi connectivity index (χ0v) is 9.37. The van der Waals surface area contributed by atoms with Crippen LogP contribution in [0.2, 0.25) is 0 Å². The molecule has 1 saturated heterocycles. The molecule has 0 unspecified atom stereocenters. The van der Waals surface area contributed by atoms with E-state index in [0.29, 0.717) is 0 Å². The molecule has 6 heteroatoms. The standard InChI is InChI=1S/C12H12F3NO2/c13-12(14,15)10-4-2-1-3-7(10)8-5-16-6-9(8)11(17)18/h1-4,8-9,16H,5-6H2,(H,17,18)/t8-,9+/m1/s1. The number of halogens is 3. The van der Waals surface area contributed by atoms with Gasteiger partial charge in [0.05, 0.1) is 11.5 Å². The van der Waals surface area contributed by atoms with Crippen molar-refractivity contribution in [2.24, 2.45) is 5.92 Å². The van der Waals surface area contributed by atoms with Gasteiger partial charge in [-0.3, -0.25) is 4.79 Å². The van der Waals surface area contributed by atoms with Crippen LogP contribution in [0.15, 0.2) is 24.3 Å². The molecule has 0 amide bonds. The van der Waals surface area contributed by atoms with Gasteiger partial charge in [-0.25, -0.2) is 0 Å². The lowest BCUT2D eigenvalue weighted by molar-refractivity contribution is -0.143. The summed E-state index contributed by atoms with van der Waals surface area (Å²) in [7, 11) is 0. The predicted molar refractivity (Wildman–Crippen MR) is 58.2 cm³/mol. The molecule has 98 valence electrons. The molecule has 1 heterocycles. The first-order valence-corrected chi connectivity index (χ1v) is 5.51. The van der Waals surface area contributed by atoms with Crippen LogP contribution in [0.3, 0.4) is 0 Å². The second-order valence-electron chi connectivity index (χ2n) is 4.29. The fraction of sp³-hybridized carbons (Fsp3) is 0.417. The van der Waals surface area contributed by atoms with E-state index in [4.69, 9.17) is 5.11 Å². The number of carboxylic acid groups (broad SMARTS) is 1. The first-order valence-electron chi connectivity index (χ1n) is 5.51. The zero-order chi connectivity index (χ0) is 13.3. The minimum Gasteiger partial charge on any atom is -0.481 e. The minimum absolute atomic E-state index is 0.0578. The van der Waals surface area contributed by atoms with Crippen molar-refractivity contribution in [2.75, 3.05) is 13.1 Å². The molecule has 0 bridgehead atoms. The highest BCUT2D eigenvalue weighted by atomic mass is 19.4. The highest BCUT2D eigenvalue weighted by Crippen LogP contribution is 2.38.